The van der Waals surface area contributed by atoms with Gasteiger partial charge in [0.2, 0.25) is 5.91 Å². The van der Waals surface area contributed by atoms with Crippen LogP contribution >= 0.6 is 11.3 Å². The minimum atomic E-state index is -1.02. The molecule has 0 bridgehead atoms. The molecule has 7 heteroatoms. The second-order valence-corrected chi connectivity index (χ2v) is 11.4. The summed E-state index contributed by atoms with van der Waals surface area (Å²) in [7, 11) is 0. The van der Waals surface area contributed by atoms with E-state index in [1.165, 1.54) is 22.3 Å². The van der Waals surface area contributed by atoms with Crippen molar-refractivity contribution in [2.24, 2.45) is 5.41 Å². The van der Waals surface area contributed by atoms with Crippen molar-refractivity contribution in [1.29, 1.82) is 0 Å². The minimum absolute atomic E-state index is 0.0485. The molecule has 1 N–H and O–H groups in total. The average molecular weight is 502 g/mol. The first-order valence-electron chi connectivity index (χ1n) is 12.1. The number of thiophene rings is 1. The molecule has 6 nitrogen and oxygen atoms in total. The fourth-order valence-electron chi connectivity index (χ4n) is 4.15. The van der Waals surface area contributed by atoms with Crippen LogP contribution in [0.3, 0.4) is 0 Å². The van der Waals surface area contributed by atoms with E-state index >= 15 is 0 Å². The monoisotopic (exact) mass is 501 g/mol. The zero-order valence-electron chi connectivity index (χ0n) is 22.3. The third kappa shape index (κ3) is 6.72. The van der Waals surface area contributed by atoms with Crippen LogP contribution in [-0.4, -0.2) is 40.8 Å². The number of carbonyl (C=O) groups is 3. The molecule has 0 saturated heterocycles. The summed E-state index contributed by atoms with van der Waals surface area (Å²) < 4.78 is 5.85. The lowest BCUT2D eigenvalue weighted by Gasteiger charge is -2.32. The number of aryl methyl sites for hydroxylation is 2. The van der Waals surface area contributed by atoms with Gasteiger partial charge in [0.15, 0.2) is 5.78 Å². The summed E-state index contributed by atoms with van der Waals surface area (Å²) >= 11 is 1.65. The second kappa shape index (κ2) is 11.4. The summed E-state index contributed by atoms with van der Waals surface area (Å²) in [5.74, 6) is -0.508. The Kier molecular flexibility index (Phi) is 9.29. The second-order valence-electron chi connectivity index (χ2n) is 10.2. The third-order valence-electron chi connectivity index (χ3n) is 6.73. The highest BCUT2D eigenvalue weighted by molar-refractivity contribution is 7.12. The molecule has 0 fully saturated rings. The van der Waals surface area contributed by atoms with Gasteiger partial charge in [-0.15, -0.1) is 11.3 Å². The molecular formula is C28H39NO5S. The Bertz CT molecular complexity index is 1080. The molecule has 0 atom stereocenters. The Morgan fingerprint density at radius 2 is 1.66 bits per heavy atom. The molecule has 2 rings (SSSR count). The van der Waals surface area contributed by atoms with Crippen molar-refractivity contribution in [1.82, 2.24) is 4.90 Å². The van der Waals surface area contributed by atoms with E-state index in [1.54, 1.807) is 11.3 Å². The van der Waals surface area contributed by atoms with Crippen molar-refractivity contribution in [3.8, 4) is 5.75 Å². The number of carboxylic acid groups (broad SMARTS) is 1. The summed E-state index contributed by atoms with van der Waals surface area (Å²) in [6, 6.07) is 8.35. The first-order chi connectivity index (χ1) is 16.2. The van der Waals surface area contributed by atoms with E-state index in [4.69, 9.17) is 4.74 Å². The SMILES string of the molecule is CCC(CC)(c1ccc(OCC(=O)C(C)(C)C)c(C)c1)c1cc(C)c(CN(CC(=O)O)C(C)=O)s1. The molecule has 2 aromatic rings. The zero-order chi connectivity index (χ0) is 26.6. The number of rotatable bonds is 11. The Hall–Kier alpha value is -2.67. The van der Waals surface area contributed by atoms with E-state index in [0.29, 0.717) is 5.75 Å². The minimum Gasteiger partial charge on any atom is -0.486 e. The van der Waals surface area contributed by atoms with Gasteiger partial charge in [-0.2, -0.15) is 0 Å². The van der Waals surface area contributed by atoms with Gasteiger partial charge in [0.05, 0.1) is 6.54 Å². The van der Waals surface area contributed by atoms with Crippen molar-refractivity contribution in [3.05, 3.63) is 50.7 Å². The molecule has 1 aromatic heterocycles. The predicted molar refractivity (Wildman–Crippen MR) is 140 cm³/mol. The molecule has 192 valence electrons. The third-order valence-corrected chi connectivity index (χ3v) is 8.15. The first kappa shape index (κ1) is 28.6. The van der Waals surface area contributed by atoms with Gasteiger partial charge < -0.3 is 14.7 Å². The van der Waals surface area contributed by atoms with Gasteiger partial charge in [-0.3, -0.25) is 14.4 Å². The summed E-state index contributed by atoms with van der Waals surface area (Å²) in [4.78, 5) is 39.0. The van der Waals surface area contributed by atoms with Crippen molar-refractivity contribution >= 4 is 29.0 Å². The fourth-order valence-corrected chi connectivity index (χ4v) is 5.69. The Morgan fingerprint density at radius 3 is 2.14 bits per heavy atom. The van der Waals surface area contributed by atoms with Crippen molar-refractivity contribution in [2.45, 2.75) is 80.2 Å². The standard InChI is InChI=1S/C28H39NO5S/c1-9-28(10-2,21-11-12-22(18(3)13-21)34-17-24(31)27(6,7)8)25-14-19(4)23(35-25)15-29(20(5)30)16-26(32)33/h11-14H,9-10,15-17H2,1-8H3,(H,32,33). The fraction of sp³-hybridized carbons (Fsp3) is 0.536. The zero-order valence-corrected chi connectivity index (χ0v) is 23.1. The number of Topliss-reactive ketones (excluding diaryl/α,β-unsaturated/α-hetero) is 1. The topological polar surface area (TPSA) is 83.9 Å². The maximum absolute atomic E-state index is 12.3. The lowest BCUT2D eigenvalue weighted by molar-refractivity contribution is -0.144. The van der Waals surface area contributed by atoms with Gasteiger partial charge in [0.1, 0.15) is 18.9 Å². The molecule has 0 aliphatic heterocycles. The van der Waals surface area contributed by atoms with Crippen LogP contribution in [0.5, 0.6) is 5.75 Å². The molecule has 1 aromatic carbocycles. The molecule has 1 heterocycles. The van der Waals surface area contributed by atoms with Crippen molar-refractivity contribution in [3.63, 3.8) is 0 Å². The maximum Gasteiger partial charge on any atom is 0.323 e. The van der Waals surface area contributed by atoms with E-state index in [9.17, 15) is 19.5 Å². The lowest BCUT2D eigenvalue weighted by Crippen LogP contribution is -2.33. The van der Waals surface area contributed by atoms with Crippen LogP contribution in [-0.2, 0) is 26.3 Å². The number of aliphatic carboxylic acids is 1. The molecule has 0 radical (unpaired) electrons. The summed E-state index contributed by atoms with van der Waals surface area (Å²) in [6.07, 6.45) is 1.77. The molecular weight excluding hydrogens is 462 g/mol. The predicted octanol–water partition coefficient (Wildman–Crippen LogP) is 5.90. The number of amides is 1. The van der Waals surface area contributed by atoms with Gasteiger partial charge in [0.25, 0.3) is 0 Å². The Morgan fingerprint density at radius 1 is 1.03 bits per heavy atom. The van der Waals surface area contributed by atoms with Crippen LogP contribution in [0.25, 0.3) is 0 Å². The highest BCUT2D eigenvalue weighted by Crippen LogP contribution is 2.44. The van der Waals surface area contributed by atoms with E-state index in [0.717, 1.165) is 28.8 Å². The quantitative estimate of drug-likeness (QED) is 0.414. The number of carboxylic acids is 1. The number of ether oxygens (including phenoxy) is 1. The number of benzene rings is 1. The van der Waals surface area contributed by atoms with E-state index < -0.39 is 11.4 Å². The average Bonchev–Trinajstić information content (AvgIpc) is 3.13. The maximum atomic E-state index is 12.3. The van der Waals surface area contributed by atoms with Crippen LogP contribution in [0.2, 0.25) is 0 Å². The van der Waals surface area contributed by atoms with E-state index in [1.807, 2.05) is 40.7 Å². The van der Waals surface area contributed by atoms with Gasteiger partial charge >= 0.3 is 5.97 Å². The number of nitrogens with zero attached hydrogens (tertiary/aromatic N) is 1. The van der Waals surface area contributed by atoms with Crippen molar-refractivity contribution < 1.29 is 24.2 Å². The highest BCUT2D eigenvalue weighted by atomic mass is 32.1. The molecule has 0 saturated carbocycles. The lowest BCUT2D eigenvalue weighted by atomic mass is 9.74. The largest absolute Gasteiger partial charge is 0.486 e. The van der Waals surface area contributed by atoms with Gasteiger partial charge in [-0.05, 0) is 55.5 Å². The van der Waals surface area contributed by atoms with Crippen LogP contribution in [0.15, 0.2) is 24.3 Å². The van der Waals surface area contributed by atoms with E-state index in [-0.39, 0.29) is 36.8 Å². The molecule has 35 heavy (non-hydrogen) atoms. The smallest absolute Gasteiger partial charge is 0.323 e. The van der Waals surface area contributed by atoms with Crippen LogP contribution in [0.1, 0.15) is 80.8 Å². The number of hydrogen-bond acceptors (Lipinski definition) is 5. The molecule has 0 aliphatic carbocycles. The normalized spacial score (nSPS) is 11.9. The van der Waals surface area contributed by atoms with Gasteiger partial charge in [-0.1, -0.05) is 46.8 Å². The first-order valence-corrected chi connectivity index (χ1v) is 12.9. The number of hydrogen-bond donors (Lipinski definition) is 1. The number of ketones is 1. The molecule has 1 amide bonds. The van der Waals surface area contributed by atoms with Gasteiger partial charge in [-0.25, -0.2) is 0 Å². The Balaban J connectivity index is 2.38. The van der Waals surface area contributed by atoms with Crippen LogP contribution < -0.4 is 4.74 Å². The van der Waals surface area contributed by atoms with Gasteiger partial charge in [0, 0.05) is 27.5 Å². The van der Waals surface area contributed by atoms with Crippen LogP contribution in [0, 0.1) is 19.3 Å². The summed E-state index contributed by atoms with van der Waals surface area (Å²) in [5, 5.41) is 9.18. The molecule has 0 spiro atoms. The highest BCUT2D eigenvalue weighted by Gasteiger charge is 2.34. The van der Waals surface area contributed by atoms with Crippen molar-refractivity contribution in [2.75, 3.05) is 13.2 Å². The van der Waals surface area contributed by atoms with Crippen LogP contribution in [0.4, 0.5) is 0 Å². The number of carbonyl (C=O) groups excluding carboxylic acids is 2. The molecule has 0 unspecified atom stereocenters. The summed E-state index contributed by atoms with van der Waals surface area (Å²) in [6.45, 7) is 15.4. The Labute approximate surface area is 213 Å². The molecule has 0 aliphatic rings. The van der Waals surface area contributed by atoms with E-state index in [2.05, 4.69) is 32.0 Å². The summed E-state index contributed by atoms with van der Waals surface area (Å²) in [5.41, 5.74) is 2.56.